The molecule has 0 spiro atoms. The van der Waals surface area contributed by atoms with Crippen molar-refractivity contribution in [1.29, 1.82) is 0 Å². The van der Waals surface area contributed by atoms with Crippen molar-refractivity contribution in [2.45, 2.75) is 32.7 Å². The minimum atomic E-state index is -0.0455. The molecule has 1 rings (SSSR count). The molecular weight excluding hydrogens is 266 g/mol. The number of methoxy groups -OCH3 is 1. The zero-order chi connectivity index (χ0) is 15.7. The van der Waals surface area contributed by atoms with Crippen molar-refractivity contribution in [3.05, 3.63) is 24.3 Å². The van der Waals surface area contributed by atoms with E-state index < -0.39 is 0 Å². The van der Waals surface area contributed by atoms with Crippen LogP contribution in [0.5, 0.6) is 0 Å². The van der Waals surface area contributed by atoms with E-state index >= 15 is 0 Å². The maximum Gasteiger partial charge on any atom is 0.238 e. The molecule has 5 nitrogen and oxygen atoms in total. The SMILES string of the molecule is CCC(CC)N(CCOC)CC(=O)Nc1ccccc1N. The van der Waals surface area contributed by atoms with E-state index in [0.717, 1.165) is 19.4 Å². The number of nitrogens with two attached hydrogens (primary N) is 1. The first-order valence-electron chi connectivity index (χ1n) is 7.49. The van der Waals surface area contributed by atoms with Crippen LogP contribution in [0.3, 0.4) is 0 Å². The molecule has 5 heteroatoms. The van der Waals surface area contributed by atoms with Gasteiger partial charge in [0.2, 0.25) is 5.91 Å². The van der Waals surface area contributed by atoms with Gasteiger partial charge in [0.25, 0.3) is 0 Å². The summed E-state index contributed by atoms with van der Waals surface area (Å²) < 4.78 is 5.14. The summed E-state index contributed by atoms with van der Waals surface area (Å²) in [7, 11) is 1.68. The number of benzene rings is 1. The summed E-state index contributed by atoms with van der Waals surface area (Å²) in [6.07, 6.45) is 2.03. The Morgan fingerprint density at radius 2 is 2.00 bits per heavy atom. The van der Waals surface area contributed by atoms with Crippen LogP contribution >= 0.6 is 0 Å². The van der Waals surface area contributed by atoms with Crippen molar-refractivity contribution in [1.82, 2.24) is 4.90 Å². The van der Waals surface area contributed by atoms with Gasteiger partial charge in [-0.1, -0.05) is 26.0 Å². The second-order valence-electron chi connectivity index (χ2n) is 5.07. The van der Waals surface area contributed by atoms with Crippen molar-refractivity contribution in [3.63, 3.8) is 0 Å². The summed E-state index contributed by atoms with van der Waals surface area (Å²) in [5, 5.41) is 2.87. The minimum absolute atomic E-state index is 0.0455. The average Bonchev–Trinajstić information content (AvgIpc) is 2.48. The highest BCUT2D eigenvalue weighted by molar-refractivity contribution is 5.95. The van der Waals surface area contributed by atoms with Gasteiger partial charge in [0.05, 0.1) is 24.5 Å². The summed E-state index contributed by atoms with van der Waals surface area (Å²) in [5.41, 5.74) is 7.09. The molecule has 1 amide bonds. The highest BCUT2D eigenvalue weighted by Crippen LogP contribution is 2.17. The molecule has 1 aromatic rings. The Hall–Kier alpha value is -1.59. The van der Waals surface area contributed by atoms with Crippen LogP contribution < -0.4 is 11.1 Å². The van der Waals surface area contributed by atoms with E-state index in [1.54, 1.807) is 13.2 Å². The average molecular weight is 293 g/mol. The second kappa shape index (κ2) is 9.37. The molecule has 0 fully saturated rings. The molecule has 0 radical (unpaired) electrons. The first-order chi connectivity index (χ1) is 10.1. The molecule has 118 valence electrons. The fourth-order valence-corrected chi connectivity index (χ4v) is 2.39. The van der Waals surface area contributed by atoms with Gasteiger partial charge in [-0.15, -0.1) is 0 Å². The number of ether oxygens (including phenoxy) is 1. The highest BCUT2D eigenvalue weighted by Gasteiger charge is 2.18. The molecule has 0 saturated heterocycles. The van der Waals surface area contributed by atoms with Crippen LogP contribution in [0, 0.1) is 0 Å². The monoisotopic (exact) mass is 293 g/mol. The lowest BCUT2D eigenvalue weighted by atomic mass is 10.1. The number of anilines is 2. The fraction of sp³-hybridized carbons (Fsp3) is 0.562. The number of hydrogen-bond donors (Lipinski definition) is 2. The molecule has 1 aromatic carbocycles. The van der Waals surface area contributed by atoms with E-state index in [-0.39, 0.29) is 5.91 Å². The minimum Gasteiger partial charge on any atom is -0.397 e. The summed E-state index contributed by atoms with van der Waals surface area (Å²) in [4.78, 5) is 14.4. The Labute approximate surface area is 127 Å². The molecule has 3 N–H and O–H groups in total. The Bertz CT molecular complexity index is 433. The third-order valence-electron chi connectivity index (χ3n) is 3.62. The van der Waals surface area contributed by atoms with Crippen LogP contribution in [0.4, 0.5) is 11.4 Å². The molecule has 0 aromatic heterocycles. The van der Waals surface area contributed by atoms with E-state index in [1.807, 2.05) is 18.2 Å². The van der Waals surface area contributed by atoms with E-state index in [1.165, 1.54) is 0 Å². The quantitative estimate of drug-likeness (QED) is 0.686. The van der Waals surface area contributed by atoms with Crippen molar-refractivity contribution in [3.8, 4) is 0 Å². The number of carbonyl (C=O) groups is 1. The lowest BCUT2D eigenvalue weighted by Gasteiger charge is -2.29. The highest BCUT2D eigenvalue weighted by atomic mass is 16.5. The van der Waals surface area contributed by atoms with Crippen LogP contribution in [0.25, 0.3) is 0 Å². The smallest absolute Gasteiger partial charge is 0.238 e. The molecule has 0 aliphatic heterocycles. The zero-order valence-corrected chi connectivity index (χ0v) is 13.3. The lowest BCUT2D eigenvalue weighted by molar-refractivity contribution is -0.118. The molecule has 0 atom stereocenters. The van der Waals surface area contributed by atoms with Crippen molar-refractivity contribution in [2.24, 2.45) is 0 Å². The number of nitrogens with one attached hydrogen (secondary N) is 1. The normalized spacial score (nSPS) is 11.1. The van der Waals surface area contributed by atoms with Crippen molar-refractivity contribution < 1.29 is 9.53 Å². The van der Waals surface area contributed by atoms with Gasteiger partial charge in [0.15, 0.2) is 0 Å². The first-order valence-corrected chi connectivity index (χ1v) is 7.49. The fourth-order valence-electron chi connectivity index (χ4n) is 2.39. The Balaban J connectivity index is 2.64. The summed E-state index contributed by atoms with van der Waals surface area (Å²) >= 11 is 0. The van der Waals surface area contributed by atoms with Gasteiger partial charge in [0, 0.05) is 19.7 Å². The lowest BCUT2D eigenvalue weighted by Crippen LogP contribution is -2.42. The molecule has 0 bridgehead atoms. The van der Waals surface area contributed by atoms with Crippen LogP contribution in [0.15, 0.2) is 24.3 Å². The van der Waals surface area contributed by atoms with Crippen LogP contribution in [0.2, 0.25) is 0 Å². The third-order valence-corrected chi connectivity index (χ3v) is 3.62. The van der Waals surface area contributed by atoms with Gasteiger partial charge in [0.1, 0.15) is 0 Å². The van der Waals surface area contributed by atoms with Crippen LogP contribution in [-0.4, -0.2) is 43.7 Å². The maximum absolute atomic E-state index is 12.2. The number of nitrogens with zero attached hydrogens (tertiary/aromatic N) is 1. The Morgan fingerprint density at radius 1 is 1.33 bits per heavy atom. The van der Waals surface area contributed by atoms with Gasteiger partial charge in [-0.3, -0.25) is 9.69 Å². The van der Waals surface area contributed by atoms with Gasteiger partial charge < -0.3 is 15.8 Å². The largest absolute Gasteiger partial charge is 0.397 e. The van der Waals surface area contributed by atoms with Gasteiger partial charge in [-0.05, 0) is 25.0 Å². The van der Waals surface area contributed by atoms with Crippen molar-refractivity contribution in [2.75, 3.05) is 37.9 Å². The topological polar surface area (TPSA) is 67.6 Å². The summed E-state index contributed by atoms with van der Waals surface area (Å²) in [6.45, 7) is 6.00. The van der Waals surface area contributed by atoms with Gasteiger partial charge >= 0.3 is 0 Å². The Kier molecular flexibility index (Phi) is 7.79. The standard InChI is InChI=1S/C16H27N3O2/c1-4-13(5-2)19(10-11-21-3)12-16(20)18-15-9-7-6-8-14(15)17/h6-9,13H,4-5,10-12,17H2,1-3H3,(H,18,20). The predicted octanol–water partition coefficient (Wildman–Crippen LogP) is 2.34. The number of amides is 1. The molecule has 21 heavy (non-hydrogen) atoms. The van der Waals surface area contributed by atoms with Gasteiger partial charge in [-0.25, -0.2) is 0 Å². The molecular formula is C16H27N3O2. The van der Waals surface area contributed by atoms with E-state index in [4.69, 9.17) is 10.5 Å². The first kappa shape index (κ1) is 17.5. The zero-order valence-electron chi connectivity index (χ0n) is 13.3. The Morgan fingerprint density at radius 3 is 2.57 bits per heavy atom. The van der Waals surface area contributed by atoms with E-state index in [0.29, 0.717) is 30.6 Å². The number of hydrogen-bond acceptors (Lipinski definition) is 4. The molecule has 0 heterocycles. The molecule has 0 unspecified atom stereocenters. The number of rotatable bonds is 9. The number of carbonyl (C=O) groups excluding carboxylic acids is 1. The summed E-state index contributed by atoms with van der Waals surface area (Å²) in [6, 6.07) is 7.68. The van der Waals surface area contributed by atoms with E-state index in [9.17, 15) is 4.79 Å². The van der Waals surface area contributed by atoms with Gasteiger partial charge in [-0.2, -0.15) is 0 Å². The number of para-hydroxylation sites is 2. The van der Waals surface area contributed by atoms with E-state index in [2.05, 4.69) is 24.1 Å². The molecule has 0 saturated carbocycles. The van der Waals surface area contributed by atoms with Crippen LogP contribution in [0.1, 0.15) is 26.7 Å². The summed E-state index contributed by atoms with van der Waals surface area (Å²) in [5.74, 6) is -0.0455. The van der Waals surface area contributed by atoms with Crippen LogP contribution in [-0.2, 0) is 9.53 Å². The maximum atomic E-state index is 12.2. The van der Waals surface area contributed by atoms with Crippen molar-refractivity contribution >= 4 is 17.3 Å². The predicted molar refractivity (Wildman–Crippen MR) is 87.3 cm³/mol. The molecule has 0 aliphatic carbocycles. The third kappa shape index (κ3) is 5.73. The molecule has 0 aliphatic rings. The number of nitrogen functional groups attached to an aromatic ring is 1. The second-order valence-corrected chi connectivity index (χ2v) is 5.07.